The molecule has 9 aromatic carbocycles. The number of benzene rings is 9. The van der Waals surface area contributed by atoms with Crippen LogP contribution in [0, 0.1) is 0 Å². The largest absolute Gasteiger partial charge is 0.294 e. The first-order valence-corrected chi connectivity index (χ1v) is 20.6. The standard InChI is InChI=1S/C48H26N6O7S/c55-45-37-21-17-33-35-19-23-39-44-40(48(58)54(47(39)57)31-15-11-28(12-16-31)51-52-29-7-4-8-32(25-29)62(59,60)61)24-20-36(42(35)44)34-18-22-38(43(37)41(33)34)46(56)53(45)30-13-9-27(10-14-30)50-49-26-5-2-1-3-6-26/h1-25H,(H,59,60,61)/b50-49?,52-51+. The molecule has 0 aliphatic carbocycles. The van der Waals surface area contributed by atoms with Gasteiger partial charge in [-0.3, -0.25) is 23.7 Å². The summed E-state index contributed by atoms with van der Waals surface area (Å²) in [6.07, 6.45) is 0. The molecule has 2 aliphatic rings. The van der Waals surface area contributed by atoms with Gasteiger partial charge in [0.25, 0.3) is 33.7 Å². The molecule has 11 rings (SSSR count). The van der Waals surface area contributed by atoms with E-state index < -0.39 is 33.7 Å². The topological polar surface area (TPSA) is 179 Å². The van der Waals surface area contributed by atoms with Crippen molar-refractivity contribution >= 4 is 111 Å². The van der Waals surface area contributed by atoms with Crippen molar-refractivity contribution in [3.63, 3.8) is 0 Å². The van der Waals surface area contributed by atoms with Gasteiger partial charge in [0.2, 0.25) is 0 Å². The van der Waals surface area contributed by atoms with Gasteiger partial charge in [0.1, 0.15) is 0 Å². The van der Waals surface area contributed by atoms with Crippen molar-refractivity contribution in [2.75, 3.05) is 9.80 Å². The zero-order valence-electron chi connectivity index (χ0n) is 31.9. The van der Waals surface area contributed by atoms with Crippen LogP contribution in [-0.4, -0.2) is 36.6 Å². The third-order valence-corrected chi connectivity index (χ3v) is 12.1. The van der Waals surface area contributed by atoms with Crippen LogP contribution in [0.5, 0.6) is 0 Å². The van der Waals surface area contributed by atoms with Crippen LogP contribution >= 0.6 is 0 Å². The molecule has 2 aliphatic heterocycles. The summed E-state index contributed by atoms with van der Waals surface area (Å²) in [6, 6.07) is 42.0. The number of imide groups is 2. The Labute approximate surface area is 351 Å². The number of hydrogen-bond donors (Lipinski definition) is 1. The maximum absolute atomic E-state index is 14.3. The molecule has 0 atom stereocenters. The molecule has 1 N–H and O–H groups in total. The zero-order chi connectivity index (χ0) is 42.4. The number of carbonyl (C=O) groups is 4. The van der Waals surface area contributed by atoms with Gasteiger partial charge < -0.3 is 0 Å². The van der Waals surface area contributed by atoms with Crippen LogP contribution in [0.1, 0.15) is 41.4 Å². The van der Waals surface area contributed by atoms with E-state index in [2.05, 4.69) is 20.5 Å². The molecule has 0 aromatic heterocycles. The molecule has 0 spiro atoms. The molecule has 0 bridgehead atoms. The van der Waals surface area contributed by atoms with E-state index in [1.54, 1.807) is 72.8 Å². The Morgan fingerprint density at radius 3 is 1.11 bits per heavy atom. The molecule has 0 saturated heterocycles. The number of amides is 4. The van der Waals surface area contributed by atoms with Gasteiger partial charge in [0, 0.05) is 33.0 Å². The SMILES string of the molecule is O=C1c2ccc3c4ccc5c6c(ccc(c7ccc(c2c37)C(=O)N1c1ccc(N=Nc2ccccc2)cc1)c64)C(=O)N(c1ccc(/N=N/c2cccc(S(=O)(=O)O)c2)cc1)C5=O. The highest BCUT2D eigenvalue weighted by Crippen LogP contribution is 2.47. The molecule has 296 valence electrons. The molecule has 0 fully saturated rings. The van der Waals surface area contributed by atoms with E-state index in [1.807, 2.05) is 54.6 Å². The van der Waals surface area contributed by atoms with E-state index in [9.17, 15) is 32.1 Å². The molecule has 62 heavy (non-hydrogen) atoms. The quantitative estimate of drug-likeness (QED) is 0.0545. The highest BCUT2D eigenvalue weighted by molar-refractivity contribution is 7.85. The molecule has 13 nitrogen and oxygen atoms in total. The average molecular weight is 831 g/mol. The van der Waals surface area contributed by atoms with Crippen LogP contribution in [0.25, 0.3) is 43.1 Å². The summed E-state index contributed by atoms with van der Waals surface area (Å²) in [4.78, 5) is 58.9. The number of fused-ring (bicyclic) bond motifs is 2. The van der Waals surface area contributed by atoms with Crippen LogP contribution in [0.4, 0.5) is 34.1 Å². The summed E-state index contributed by atoms with van der Waals surface area (Å²) in [5.74, 6) is -1.94. The smallest absolute Gasteiger partial charge is 0.282 e. The fourth-order valence-electron chi connectivity index (χ4n) is 8.51. The van der Waals surface area contributed by atoms with Gasteiger partial charge >= 0.3 is 0 Å². The second-order valence-corrected chi connectivity index (χ2v) is 16.2. The van der Waals surface area contributed by atoms with Gasteiger partial charge in [-0.2, -0.15) is 28.9 Å². The highest BCUT2D eigenvalue weighted by Gasteiger charge is 2.38. The maximum atomic E-state index is 14.3. The van der Waals surface area contributed by atoms with E-state index in [-0.39, 0.29) is 10.6 Å². The van der Waals surface area contributed by atoms with Crippen molar-refractivity contribution in [3.8, 4) is 0 Å². The summed E-state index contributed by atoms with van der Waals surface area (Å²) >= 11 is 0. The third kappa shape index (κ3) is 5.62. The zero-order valence-corrected chi connectivity index (χ0v) is 32.7. The van der Waals surface area contributed by atoms with Gasteiger partial charge in [-0.25, -0.2) is 9.80 Å². The fourth-order valence-corrected chi connectivity index (χ4v) is 9.03. The first kappa shape index (κ1) is 36.7. The summed E-state index contributed by atoms with van der Waals surface area (Å²) < 4.78 is 32.4. The minimum atomic E-state index is -4.42. The molecular formula is C48H26N6O7S. The van der Waals surface area contributed by atoms with Crippen LogP contribution in [0.15, 0.2) is 177 Å². The van der Waals surface area contributed by atoms with Gasteiger partial charge in [-0.1, -0.05) is 48.5 Å². The fraction of sp³-hybridized carbons (Fsp3) is 0. The monoisotopic (exact) mass is 830 g/mol. The van der Waals surface area contributed by atoms with Crippen LogP contribution in [0.2, 0.25) is 0 Å². The van der Waals surface area contributed by atoms with E-state index in [1.165, 1.54) is 29.2 Å². The Morgan fingerprint density at radius 2 is 0.726 bits per heavy atom. The normalized spacial score (nSPS) is 14.3. The van der Waals surface area contributed by atoms with Crippen molar-refractivity contribution in [2.45, 2.75) is 4.90 Å². The van der Waals surface area contributed by atoms with Crippen LogP contribution < -0.4 is 9.80 Å². The van der Waals surface area contributed by atoms with Gasteiger partial charge in [-0.15, -0.1) is 0 Å². The molecule has 0 radical (unpaired) electrons. The van der Waals surface area contributed by atoms with E-state index in [0.717, 1.165) is 37.2 Å². The highest BCUT2D eigenvalue weighted by atomic mass is 32.2. The predicted octanol–water partition coefficient (Wildman–Crippen LogP) is 11.4. The minimum Gasteiger partial charge on any atom is -0.282 e. The summed E-state index contributed by atoms with van der Waals surface area (Å²) in [5.41, 5.74) is 3.96. The lowest BCUT2D eigenvalue weighted by atomic mass is 9.82. The number of nitrogens with zero attached hydrogens (tertiary/aromatic N) is 6. The number of rotatable bonds is 7. The number of carbonyl (C=O) groups excluding carboxylic acids is 4. The minimum absolute atomic E-state index is 0.195. The van der Waals surface area contributed by atoms with E-state index >= 15 is 0 Å². The molecule has 0 saturated carbocycles. The van der Waals surface area contributed by atoms with E-state index in [0.29, 0.717) is 61.5 Å². The summed E-state index contributed by atoms with van der Waals surface area (Å²) in [7, 11) is -4.42. The summed E-state index contributed by atoms with van der Waals surface area (Å²) in [5, 5.41) is 22.3. The van der Waals surface area contributed by atoms with Crippen molar-refractivity contribution in [3.05, 3.63) is 174 Å². The molecule has 0 unspecified atom stereocenters. The van der Waals surface area contributed by atoms with Crippen LogP contribution in [0.3, 0.4) is 0 Å². The maximum Gasteiger partial charge on any atom is 0.294 e. The number of azo groups is 2. The second-order valence-electron chi connectivity index (χ2n) is 14.8. The Hall–Kier alpha value is -8.33. The second kappa shape index (κ2) is 13.6. The molecule has 2 heterocycles. The van der Waals surface area contributed by atoms with Gasteiger partial charge in [0.05, 0.1) is 39.0 Å². The number of hydrogen-bond acceptors (Lipinski definition) is 10. The van der Waals surface area contributed by atoms with Crippen molar-refractivity contribution < 1.29 is 32.1 Å². The Morgan fingerprint density at radius 1 is 0.371 bits per heavy atom. The first-order valence-electron chi connectivity index (χ1n) is 19.2. The van der Waals surface area contributed by atoms with Crippen LogP contribution in [-0.2, 0) is 10.1 Å². The molecular weight excluding hydrogens is 805 g/mol. The van der Waals surface area contributed by atoms with Crippen molar-refractivity contribution in [1.29, 1.82) is 0 Å². The number of anilines is 2. The molecule has 4 amide bonds. The Balaban J connectivity index is 0.941. The average Bonchev–Trinajstić information content (AvgIpc) is 3.29. The Bertz CT molecular complexity index is 3510. The lowest BCUT2D eigenvalue weighted by molar-refractivity contribution is 0.0877. The first-order chi connectivity index (χ1) is 30.0. The summed E-state index contributed by atoms with van der Waals surface area (Å²) in [6.45, 7) is 0. The van der Waals surface area contributed by atoms with Crippen molar-refractivity contribution in [1.82, 2.24) is 0 Å². The predicted molar refractivity (Wildman–Crippen MR) is 234 cm³/mol. The lowest BCUT2D eigenvalue weighted by Gasteiger charge is -2.30. The van der Waals surface area contributed by atoms with Gasteiger partial charge in [-0.05, 0) is 135 Å². The lowest BCUT2D eigenvalue weighted by Crippen LogP contribution is -2.40. The van der Waals surface area contributed by atoms with E-state index in [4.69, 9.17) is 0 Å². The van der Waals surface area contributed by atoms with Crippen molar-refractivity contribution in [2.24, 2.45) is 20.5 Å². The Kier molecular flexibility index (Phi) is 8.06. The molecule has 9 aromatic rings. The van der Waals surface area contributed by atoms with Gasteiger partial charge in [0.15, 0.2) is 0 Å². The molecule has 14 heteroatoms. The third-order valence-electron chi connectivity index (χ3n) is 11.3.